The zero-order valence-electron chi connectivity index (χ0n) is 9.96. The van der Waals surface area contributed by atoms with Crippen LogP contribution in [0.1, 0.15) is 37.9 Å². The highest BCUT2D eigenvalue weighted by atomic mass is 15.0. The van der Waals surface area contributed by atoms with Crippen molar-refractivity contribution in [3.63, 3.8) is 0 Å². The molecule has 1 aliphatic rings. The third-order valence-corrected chi connectivity index (χ3v) is 3.21. The van der Waals surface area contributed by atoms with Crippen molar-refractivity contribution in [2.24, 2.45) is 11.8 Å². The summed E-state index contributed by atoms with van der Waals surface area (Å²) >= 11 is 0. The second-order valence-corrected chi connectivity index (χ2v) is 5.20. The third kappa shape index (κ3) is 2.40. The van der Waals surface area contributed by atoms with E-state index < -0.39 is 0 Å². The van der Waals surface area contributed by atoms with Crippen molar-refractivity contribution >= 4 is 0 Å². The summed E-state index contributed by atoms with van der Waals surface area (Å²) in [4.78, 5) is 0. The fourth-order valence-corrected chi connectivity index (χ4v) is 2.25. The molecule has 2 unspecified atom stereocenters. The Kier molecular flexibility index (Phi) is 3.11. The first-order valence-electron chi connectivity index (χ1n) is 5.99. The quantitative estimate of drug-likeness (QED) is 0.795. The van der Waals surface area contributed by atoms with Gasteiger partial charge in [0.1, 0.15) is 0 Å². The van der Waals surface area contributed by atoms with Gasteiger partial charge in [0.15, 0.2) is 0 Å². The van der Waals surface area contributed by atoms with Gasteiger partial charge >= 0.3 is 0 Å². The van der Waals surface area contributed by atoms with Gasteiger partial charge in [-0.2, -0.15) is 0 Å². The Hall–Kier alpha value is -0.820. The molecule has 0 spiro atoms. The molecule has 1 nitrogen and oxygen atoms in total. The fraction of sp³-hybridized carbons (Fsp3) is 0.571. The molecule has 1 saturated heterocycles. The molecule has 1 aliphatic heterocycles. The van der Waals surface area contributed by atoms with Crippen molar-refractivity contribution in [2.45, 2.75) is 33.2 Å². The van der Waals surface area contributed by atoms with E-state index in [1.807, 2.05) is 0 Å². The Balaban J connectivity index is 2.03. The first kappa shape index (κ1) is 10.7. The molecule has 1 heteroatoms. The van der Waals surface area contributed by atoms with Crippen LogP contribution >= 0.6 is 0 Å². The molecule has 0 amide bonds. The van der Waals surface area contributed by atoms with Crippen LogP contribution in [0.5, 0.6) is 0 Å². The van der Waals surface area contributed by atoms with Crippen molar-refractivity contribution in [1.29, 1.82) is 0 Å². The maximum atomic E-state index is 3.47. The lowest BCUT2D eigenvalue weighted by Gasteiger charge is -2.36. The van der Waals surface area contributed by atoms with Gasteiger partial charge in [-0.25, -0.2) is 0 Å². The Morgan fingerprint density at radius 2 is 1.93 bits per heavy atom. The second-order valence-electron chi connectivity index (χ2n) is 5.20. The van der Waals surface area contributed by atoms with E-state index in [2.05, 4.69) is 50.4 Å². The van der Waals surface area contributed by atoms with E-state index in [0.717, 1.165) is 11.8 Å². The third-order valence-electron chi connectivity index (χ3n) is 3.21. The molecule has 82 valence electrons. The predicted octanol–water partition coefficient (Wildman–Crippen LogP) is 3.17. The number of hydrogen-bond acceptors (Lipinski definition) is 1. The summed E-state index contributed by atoms with van der Waals surface area (Å²) in [6, 6.07) is 9.72. The van der Waals surface area contributed by atoms with Crippen LogP contribution in [0.25, 0.3) is 0 Å². The minimum atomic E-state index is 0.595. The largest absolute Gasteiger partial charge is 0.309 e. The van der Waals surface area contributed by atoms with Gasteiger partial charge in [-0.1, -0.05) is 45.0 Å². The molecule has 0 bridgehead atoms. The van der Waals surface area contributed by atoms with Gasteiger partial charge in [0.05, 0.1) is 0 Å². The fourth-order valence-electron chi connectivity index (χ4n) is 2.25. The molecule has 0 aromatic heterocycles. The van der Waals surface area contributed by atoms with E-state index in [9.17, 15) is 0 Å². The molecule has 1 heterocycles. The molecule has 1 aromatic carbocycles. The SMILES string of the molecule is CC(C)Cc1ccc(C2NCC2C)cc1. The van der Waals surface area contributed by atoms with Crippen LogP contribution in [0.4, 0.5) is 0 Å². The van der Waals surface area contributed by atoms with Gasteiger partial charge in [0, 0.05) is 12.6 Å². The van der Waals surface area contributed by atoms with Crippen LogP contribution in [-0.2, 0) is 6.42 Å². The van der Waals surface area contributed by atoms with Crippen LogP contribution in [-0.4, -0.2) is 6.54 Å². The Morgan fingerprint density at radius 1 is 1.27 bits per heavy atom. The van der Waals surface area contributed by atoms with Crippen molar-refractivity contribution in [2.75, 3.05) is 6.54 Å². The monoisotopic (exact) mass is 203 g/mol. The molecular formula is C14H21N. The highest BCUT2D eigenvalue weighted by Gasteiger charge is 2.26. The van der Waals surface area contributed by atoms with Crippen LogP contribution in [0, 0.1) is 11.8 Å². The van der Waals surface area contributed by atoms with Crippen LogP contribution < -0.4 is 5.32 Å². The molecule has 1 fully saturated rings. The molecule has 0 radical (unpaired) electrons. The minimum absolute atomic E-state index is 0.595. The van der Waals surface area contributed by atoms with E-state index in [-0.39, 0.29) is 0 Å². The lowest BCUT2D eigenvalue weighted by atomic mass is 9.87. The summed E-state index contributed by atoms with van der Waals surface area (Å²) in [5, 5.41) is 3.47. The van der Waals surface area contributed by atoms with Crippen molar-refractivity contribution in [3.8, 4) is 0 Å². The summed E-state index contributed by atoms with van der Waals surface area (Å²) in [7, 11) is 0. The van der Waals surface area contributed by atoms with Crippen molar-refractivity contribution in [1.82, 2.24) is 5.32 Å². The second kappa shape index (κ2) is 4.36. The summed E-state index contributed by atoms with van der Waals surface area (Å²) < 4.78 is 0. The average molecular weight is 203 g/mol. The van der Waals surface area contributed by atoms with Crippen molar-refractivity contribution in [3.05, 3.63) is 35.4 Å². The van der Waals surface area contributed by atoms with E-state index >= 15 is 0 Å². The van der Waals surface area contributed by atoms with Gasteiger partial charge in [-0.15, -0.1) is 0 Å². The minimum Gasteiger partial charge on any atom is -0.309 e. The van der Waals surface area contributed by atoms with E-state index in [1.54, 1.807) is 0 Å². The summed E-state index contributed by atoms with van der Waals surface area (Å²) in [6.07, 6.45) is 1.19. The molecule has 2 rings (SSSR count). The number of nitrogens with one attached hydrogen (secondary N) is 1. The molecular weight excluding hydrogens is 182 g/mol. The lowest BCUT2D eigenvalue weighted by Crippen LogP contribution is -2.43. The summed E-state index contributed by atoms with van der Waals surface area (Å²) in [5.74, 6) is 1.54. The highest BCUT2D eigenvalue weighted by Crippen LogP contribution is 2.28. The van der Waals surface area contributed by atoms with E-state index in [0.29, 0.717) is 6.04 Å². The Labute approximate surface area is 92.9 Å². The average Bonchev–Trinajstić information content (AvgIpc) is 2.18. The maximum absolute atomic E-state index is 3.47. The summed E-state index contributed by atoms with van der Waals surface area (Å²) in [6.45, 7) is 8.01. The van der Waals surface area contributed by atoms with Crippen molar-refractivity contribution < 1.29 is 0 Å². The Bertz CT molecular complexity index is 313. The zero-order chi connectivity index (χ0) is 10.8. The van der Waals surface area contributed by atoms with Crippen LogP contribution in [0.2, 0.25) is 0 Å². The number of hydrogen-bond donors (Lipinski definition) is 1. The first-order chi connectivity index (χ1) is 7.16. The first-order valence-corrected chi connectivity index (χ1v) is 5.99. The normalized spacial score (nSPS) is 25.3. The maximum Gasteiger partial charge on any atom is 0.0358 e. The number of benzene rings is 1. The predicted molar refractivity (Wildman–Crippen MR) is 64.9 cm³/mol. The van der Waals surface area contributed by atoms with E-state index in [1.165, 1.54) is 24.1 Å². The van der Waals surface area contributed by atoms with Gasteiger partial charge < -0.3 is 5.32 Å². The zero-order valence-corrected chi connectivity index (χ0v) is 9.96. The molecule has 0 aliphatic carbocycles. The van der Waals surface area contributed by atoms with Crippen LogP contribution in [0.15, 0.2) is 24.3 Å². The van der Waals surface area contributed by atoms with Gasteiger partial charge in [-0.05, 0) is 29.4 Å². The number of rotatable bonds is 3. The molecule has 15 heavy (non-hydrogen) atoms. The molecule has 0 saturated carbocycles. The standard InChI is InChI=1S/C14H21N/c1-10(2)8-12-4-6-13(7-5-12)14-11(3)9-15-14/h4-7,10-11,14-15H,8-9H2,1-3H3. The summed E-state index contributed by atoms with van der Waals surface area (Å²) in [5.41, 5.74) is 2.90. The van der Waals surface area contributed by atoms with Crippen LogP contribution in [0.3, 0.4) is 0 Å². The Morgan fingerprint density at radius 3 is 2.33 bits per heavy atom. The van der Waals surface area contributed by atoms with Gasteiger partial charge in [0.2, 0.25) is 0 Å². The molecule has 2 atom stereocenters. The lowest BCUT2D eigenvalue weighted by molar-refractivity contribution is 0.258. The smallest absolute Gasteiger partial charge is 0.0358 e. The topological polar surface area (TPSA) is 12.0 Å². The van der Waals surface area contributed by atoms with Gasteiger partial charge in [-0.3, -0.25) is 0 Å². The highest BCUT2D eigenvalue weighted by molar-refractivity contribution is 5.27. The molecule has 1 N–H and O–H groups in total. The van der Waals surface area contributed by atoms with Gasteiger partial charge in [0.25, 0.3) is 0 Å². The van der Waals surface area contributed by atoms with E-state index in [4.69, 9.17) is 0 Å². The molecule has 1 aromatic rings.